The maximum atomic E-state index is 11.9. The summed E-state index contributed by atoms with van der Waals surface area (Å²) >= 11 is 0. The van der Waals surface area contributed by atoms with Crippen LogP contribution in [0, 0.1) is 5.92 Å². The Hall–Kier alpha value is -1.32. The summed E-state index contributed by atoms with van der Waals surface area (Å²) in [5, 5.41) is 2.61. The summed E-state index contributed by atoms with van der Waals surface area (Å²) < 4.78 is 5.13. The lowest BCUT2D eigenvalue weighted by Gasteiger charge is -2.22. The van der Waals surface area contributed by atoms with Gasteiger partial charge in [0.05, 0.1) is 6.04 Å². The van der Waals surface area contributed by atoms with E-state index >= 15 is 0 Å². The number of ether oxygens (including phenoxy) is 1. The van der Waals surface area contributed by atoms with Crippen LogP contribution in [0.2, 0.25) is 0 Å². The second-order valence-electron chi connectivity index (χ2n) is 5.40. The Morgan fingerprint density at radius 3 is 2.47 bits per heavy atom. The molecule has 0 radical (unpaired) electrons. The predicted molar refractivity (Wildman–Crippen MR) is 65.7 cm³/mol. The van der Waals surface area contributed by atoms with Crippen molar-refractivity contribution in [3.8, 4) is 0 Å². The normalized spacial score (nSPS) is 17.1. The van der Waals surface area contributed by atoms with Crippen LogP contribution >= 0.6 is 0 Å². The van der Waals surface area contributed by atoms with Crippen LogP contribution in [-0.2, 0) is 9.53 Å². The smallest absolute Gasteiger partial charge is 0.408 e. The zero-order valence-electron chi connectivity index (χ0n) is 10.8. The number of hydrogen-bond acceptors (Lipinski definition) is 3. The first-order valence-electron chi connectivity index (χ1n) is 5.97. The van der Waals surface area contributed by atoms with Crippen LogP contribution in [0.15, 0.2) is 12.7 Å². The van der Waals surface area contributed by atoms with Gasteiger partial charge in [-0.25, -0.2) is 4.79 Å². The third kappa shape index (κ3) is 5.02. The molecule has 4 heteroatoms. The Morgan fingerprint density at radius 1 is 1.47 bits per heavy atom. The van der Waals surface area contributed by atoms with E-state index in [1.165, 1.54) is 0 Å². The number of hydrogen-bond donors (Lipinski definition) is 1. The molecule has 0 aromatic carbocycles. The molecule has 1 fully saturated rings. The van der Waals surface area contributed by atoms with Crippen molar-refractivity contribution >= 4 is 11.9 Å². The Kier molecular flexibility index (Phi) is 4.32. The minimum atomic E-state index is -0.550. The summed E-state index contributed by atoms with van der Waals surface area (Å²) in [5.74, 6) is 0.214. The molecule has 96 valence electrons. The first-order chi connectivity index (χ1) is 7.83. The van der Waals surface area contributed by atoms with Crippen LogP contribution in [0.3, 0.4) is 0 Å². The van der Waals surface area contributed by atoms with Gasteiger partial charge in [0.15, 0.2) is 5.78 Å². The van der Waals surface area contributed by atoms with E-state index in [9.17, 15) is 9.59 Å². The van der Waals surface area contributed by atoms with Crippen molar-refractivity contribution in [2.24, 2.45) is 5.92 Å². The molecule has 1 rings (SSSR count). The molecule has 1 amide bonds. The molecule has 0 heterocycles. The summed E-state index contributed by atoms with van der Waals surface area (Å²) in [6, 6.07) is -0.491. The molecule has 0 aromatic rings. The molecule has 1 aliphatic rings. The average Bonchev–Trinajstić information content (AvgIpc) is 2.96. The molecule has 0 bridgehead atoms. The van der Waals surface area contributed by atoms with E-state index < -0.39 is 17.7 Å². The van der Waals surface area contributed by atoms with Crippen molar-refractivity contribution in [2.45, 2.75) is 51.7 Å². The standard InChI is InChI=1S/C13H21NO3/c1-5-6-10(11(15)9-7-8-9)14-12(16)17-13(2,3)4/h5,9-10H,1,6-8H2,2-4H3,(H,14,16). The Labute approximate surface area is 102 Å². The van der Waals surface area contributed by atoms with Gasteiger partial charge in [0.1, 0.15) is 5.60 Å². The number of amides is 1. The maximum absolute atomic E-state index is 11.9. The van der Waals surface area contributed by atoms with Crippen LogP contribution in [0.1, 0.15) is 40.0 Å². The molecule has 0 aromatic heterocycles. The molecule has 4 nitrogen and oxygen atoms in total. The number of rotatable bonds is 5. The molecule has 1 N–H and O–H groups in total. The summed E-state index contributed by atoms with van der Waals surface area (Å²) in [5.41, 5.74) is -0.550. The van der Waals surface area contributed by atoms with Crippen LogP contribution in [0.25, 0.3) is 0 Å². The van der Waals surface area contributed by atoms with Gasteiger partial charge >= 0.3 is 6.09 Å². The molecular weight excluding hydrogens is 218 g/mol. The monoisotopic (exact) mass is 239 g/mol. The quantitative estimate of drug-likeness (QED) is 0.750. The Balaban J connectivity index is 2.50. The summed E-state index contributed by atoms with van der Waals surface area (Å²) in [6.45, 7) is 8.97. The zero-order valence-corrected chi connectivity index (χ0v) is 10.8. The highest BCUT2D eigenvalue weighted by atomic mass is 16.6. The number of ketones is 1. The summed E-state index contributed by atoms with van der Waals surface area (Å²) in [4.78, 5) is 23.4. The molecule has 1 atom stereocenters. The van der Waals surface area contributed by atoms with Gasteiger partial charge in [0.25, 0.3) is 0 Å². The molecule has 1 unspecified atom stereocenters. The fourth-order valence-electron chi connectivity index (χ4n) is 1.52. The first-order valence-corrected chi connectivity index (χ1v) is 5.97. The van der Waals surface area contributed by atoms with Crippen LogP contribution in [-0.4, -0.2) is 23.5 Å². The summed E-state index contributed by atoms with van der Waals surface area (Å²) in [7, 11) is 0. The van der Waals surface area contributed by atoms with Crippen molar-refractivity contribution in [3.05, 3.63) is 12.7 Å². The van der Waals surface area contributed by atoms with E-state index in [0.717, 1.165) is 12.8 Å². The van der Waals surface area contributed by atoms with E-state index in [0.29, 0.717) is 6.42 Å². The topological polar surface area (TPSA) is 55.4 Å². The lowest BCUT2D eigenvalue weighted by atomic mass is 10.1. The molecular formula is C13H21NO3. The van der Waals surface area contributed by atoms with Gasteiger partial charge in [-0.2, -0.15) is 0 Å². The Morgan fingerprint density at radius 2 is 2.06 bits per heavy atom. The van der Waals surface area contributed by atoms with E-state index in [1.54, 1.807) is 26.8 Å². The van der Waals surface area contributed by atoms with Crippen molar-refractivity contribution < 1.29 is 14.3 Å². The molecule has 0 aliphatic heterocycles. The predicted octanol–water partition coefficient (Wildman–Crippen LogP) is 2.43. The SMILES string of the molecule is C=CCC(NC(=O)OC(C)(C)C)C(=O)C1CC1. The lowest BCUT2D eigenvalue weighted by Crippen LogP contribution is -2.43. The van der Waals surface area contributed by atoms with E-state index in [2.05, 4.69) is 11.9 Å². The van der Waals surface area contributed by atoms with Crippen LogP contribution in [0.4, 0.5) is 4.79 Å². The molecule has 0 spiro atoms. The fourth-order valence-corrected chi connectivity index (χ4v) is 1.52. The van der Waals surface area contributed by atoms with Crippen molar-refractivity contribution in [2.75, 3.05) is 0 Å². The van der Waals surface area contributed by atoms with Gasteiger partial charge in [0.2, 0.25) is 0 Å². The van der Waals surface area contributed by atoms with Gasteiger partial charge in [-0.15, -0.1) is 6.58 Å². The van der Waals surface area contributed by atoms with Crippen LogP contribution < -0.4 is 5.32 Å². The second kappa shape index (κ2) is 5.34. The van der Waals surface area contributed by atoms with Crippen molar-refractivity contribution in [3.63, 3.8) is 0 Å². The average molecular weight is 239 g/mol. The van der Waals surface area contributed by atoms with Crippen LogP contribution in [0.5, 0.6) is 0 Å². The minimum absolute atomic E-state index is 0.0933. The first kappa shape index (κ1) is 13.7. The number of nitrogens with one attached hydrogen (secondary N) is 1. The molecule has 1 aliphatic carbocycles. The fraction of sp³-hybridized carbons (Fsp3) is 0.692. The lowest BCUT2D eigenvalue weighted by molar-refractivity contribution is -0.122. The maximum Gasteiger partial charge on any atom is 0.408 e. The summed E-state index contributed by atoms with van der Waals surface area (Å²) in [6.07, 6.45) is 3.42. The third-order valence-electron chi connectivity index (χ3n) is 2.42. The van der Waals surface area contributed by atoms with Gasteiger partial charge in [-0.1, -0.05) is 6.08 Å². The van der Waals surface area contributed by atoms with Gasteiger partial charge in [-0.05, 0) is 40.0 Å². The largest absolute Gasteiger partial charge is 0.444 e. The number of Topliss-reactive ketones (excluding diaryl/α,β-unsaturated/α-hetero) is 1. The van der Waals surface area contributed by atoms with E-state index in [-0.39, 0.29) is 11.7 Å². The second-order valence-corrected chi connectivity index (χ2v) is 5.40. The number of carbonyl (C=O) groups excluding carboxylic acids is 2. The zero-order chi connectivity index (χ0) is 13.1. The van der Waals surface area contributed by atoms with Crippen molar-refractivity contribution in [1.29, 1.82) is 0 Å². The third-order valence-corrected chi connectivity index (χ3v) is 2.42. The van der Waals surface area contributed by atoms with Gasteiger partial charge < -0.3 is 10.1 Å². The molecule has 0 saturated heterocycles. The Bertz CT molecular complexity index is 313. The highest BCUT2D eigenvalue weighted by Gasteiger charge is 2.35. The molecule has 1 saturated carbocycles. The van der Waals surface area contributed by atoms with Gasteiger partial charge in [0, 0.05) is 5.92 Å². The van der Waals surface area contributed by atoms with Gasteiger partial charge in [-0.3, -0.25) is 4.79 Å². The van der Waals surface area contributed by atoms with Crippen molar-refractivity contribution in [1.82, 2.24) is 5.32 Å². The highest BCUT2D eigenvalue weighted by molar-refractivity contribution is 5.91. The minimum Gasteiger partial charge on any atom is -0.444 e. The highest BCUT2D eigenvalue weighted by Crippen LogP contribution is 2.31. The van der Waals surface area contributed by atoms with E-state index in [1.807, 2.05) is 0 Å². The number of carbonyl (C=O) groups is 2. The molecule has 17 heavy (non-hydrogen) atoms. The van der Waals surface area contributed by atoms with E-state index in [4.69, 9.17) is 4.74 Å². The number of alkyl carbamates (subject to hydrolysis) is 1.